The largest absolute Gasteiger partial charge is 0.360 e. The van der Waals surface area contributed by atoms with Crippen LogP contribution in [-0.4, -0.2) is 33.5 Å². The Bertz CT molecular complexity index is 828. The molecule has 0 aliphatic carbocycles. The smallest absolute Gasteiger partial charge is 0.253 e. The molecule has 2 aromatic rings. The number of amides is 2. The minimum Gasteiger partial charge on any atom is -0.360 e. The highest BCUT2D eigenvalue weighted by atomic mass is 32.2. The van der Waals surface area contributed by atoms with Gasteiger partial charge in [-0.25, -0.2) is 0 Å². The Balaban J connectivity index is 1.72. The molecule has 0 radical (unpaired) electrons. The number of thioether (sulfide) groups is 1. The molecule has 25 heavy (non-hydrogen) atoms. The molecule has 0 unspecified atom stereocenters. The number of H-pyrrole nitrogens is 1. The summed E-state index contributed by atoms with van der Waals surface area (Å²) in [7, 11) is 0. The Labute approximate surface area is 148 Å². The first-order valence-corrected chi connectivity index (χ1v) is 8.77. The summed E-state index contributed by atoms with van der Waals surface area (Å²) < 4.78 is 4.84. The zero-order valence-electron chi connectivity index (χ0n) is 14.3. The first-order valence-electron chi connectivity index (χ1n) is 7.62. The molecular weight excluding hydrogens is 344 g/mol. The molecule has 9 heteroatoms. The average Bonchev–Trinajstić information content (AvgIpc) is 2.91. The molecule has 0 spiro atoms. The molecule has 3 N–H and O–H groups in total. The van der Waals surface area contributed by atoms with Crippen molar-refractivity contribution in [2.75, 3.05) is 16.8 Å². The second-order valence-corrected chi connectivity index (χ2v) is 6.57. The first kappa shape index (κ1) is 18.8. The minimum absolute atomic E-state index is 0.115. The predicted octanol–water partition coefficient (Wildman–Crippen LogP) is 1.28. The molecule has 0 bridgehead atoms. The van der Waals surface area contributed by atoms with Crippen molar-refractivity contribution < 1.29 is 14.1 Å². The van der Waals surface area contributed by atoms with Gasteiger partial charge in [-0.15, -0.1) is 11.8 Å². The number of carbonyl (C=O) groups excluding carboxylic acids is 2. The van der Waals surface area contributed by atoms with E-state index in [0.29, 0.717) is 17.1 Å². The zero-order valence-corrected chi connectivity index (χ0v) is 15.1. The first-order chi connectivity index (χ1) is 11.8. The van der Waals surface area contributed by atoms with Gasteiger partial charge in [0.25, 0.3) is 5.56 Å². The van der Waals surface area contributed by atoms with E-state index >= 15 is 0 Å². The number of pyridine rings is 1. The van der Waals surface area contributed by atoms with E-state index in [2.05, 4.69) is 20.8 Å². The van der Waals surface area contributed by atoms with E-state index in [-0.39, 0.29) is 35.4 Å². The van der Waals surface area contributed by atoms with E-state index in [1.54, 1.807) is 19.9 Å². The quantitative estimate of drug-likeness (QED) is 0.681. The number of aromatic amines is 1. The normalized spacial score (nSPS) is 10.5. The van der Waals surface area contributed by atoms with Gasteiger partial charge in [0.15, 0.2) is 5.82 Å². The summed E-state index contributed by atoms with van der Waals surface area (Å²) in [6, 6.07) is 3.46. The van der Waals surface area contributed by atoms with Crippen molar-refractivity contribution in [2.24, 2.45) is 0 Å². The number of anilines is 1. The van der Waals surface area contributed by atoms with Crippen LogP contribution in [0.1, 0.15) is 22.6 Å². The number of nitrogens with one attached hydrogen (secondary N) is 3. The van der Waals surface area contributed by atoms with E-state index in [9.17, 15) is 14.4 Å². The van der Waals surface area contributed by atoms with Gasteiger partial charge in [0.1, 0.15) is 5.76 Å². The van der Waals surface area contributed by atoms with Crippen LogP contribution < -0.4 is 16.2 Å². The molecule has 2 rings (SSSR count). The summed E-state index contributed by atoms with van der Waals surface area (Å²) in [5.74, 6) is 0.675. The van der Waals surface area contributed by atoms with Crippen molar-refractivity contribution in [3.05, 3.63) is 45.1 Å². The van der Waals surface area contributed by atoms with Crippen molar-refractivity contribution in [1.29, 1.82) is 0 Å². The van der Waals surface area contributed by atoms with Gasteiger partial charge in [-0.05, 0) is 32.4 Å². The maximum Gasteiger partial charge on any atom is 0.253 e. The third-order valence-corrected chi connectivity index (χ3v) is 4.25. The Morgan fingerprint density at radius 2 is 1.92 bits per heavy atom. The summed E-state index contributed by atoms with van der Waals surface area (Å²) in [6.07, 6.45) is 0. The van der Waals surface area contributed by atoms with E-state index in [4.69, 9.17) is 4.52 Å². The number of aryl methyl sites for hydroxylation is 3. The Kier molecular flexibility index (Phi) is 6.40. The van der Waals surface area contributed by atoms with Gasteiger partial charge in [-0.1, -0.05) is 5.16 Å². The summed E-state index contributed by atoms with van der Waals surface area (Å²) >= 11 is 1.17. The highest BCUT2D eigenvalue weighted by molar-refractivity contribution is 8.00. The molecule has 0 saturated carbocycles. The molecule has 2 amide bonds. The predicted molar refractivity (Wildman–Crippen MR) is 95.6 cm³/mol. The molecule has 0 aliphatic rings. The number of hydrogen-bond donors (Lipinski definition) is 3. The van der Waals surface area contributed by atoms with Crippen LogP contribution in [0.3, 0.4) is 0 Å². The van der Waals surface area contributed by atoms with Gasteiger partial charge < -0.3 is 20.1 Å². The average molecular weight is 364 g/mol. The van der Waals surface area contributed by atoms with Crippen LogP contribution in [0.4, 0.5) is 5.82 Å². The van der Waals surface area contributed by atoms with E-state index in [0.717, 1.165) is 11.3 Å². The molecule has 2 heterocycles. The summed E-state index contributed by atoms with van der Waals surface area (Å²) in [5.41, 5.74) is 1.94. The topological polar surface area (TPSA) is 117 Å². The standard InChI is InChI=1S/C16H20N4O4S/c1-9-4-10(2)18-16(23)12(9)6-17-14(21)7-25-8-15(22)19-13-5-11(3)24-20-13/h4-5H,6-8H2,1-3H3,(H,17,21)(H,18,23)(H,19,20,22). The molecule has 0 aromatic carbocycles. The Morgan fingerprint density at radius 3 is 2.56 bits per heavy atom. The van der Waals surface area contributed by atoms with E-state index in [1.165, 1.54) is 11.8 Å². The lowest BCUT2D eigenvalue weighted by atomic mass is 10.1. The molecule has 0 saturated heterocycles. The second kappa shape index (κ2) is 8.52. The molecule has 8 nitrogen and oxygen atoms in total. The number of carbonyl (C=O) groups is 2. The second-order valence-electron chi connectivity index (χ2n) is 5.58. The maximum atomic E-state index is 11.9. The van der Waals surface area contributed by atoms with Gasteiger partial charge in [-0.2, -0.15) is 0 Å². The monoisotopic (exact) mass is 364 g/mol. The lowest BCUT2D eigenvalue weighted by molar-refractivity contribution is -0.118. The van der Waals surface area contributed by atoms with Gasteiger partial charge in [0.2, 0.25) is 11.8 Å². The van der Waals surface area contributed by atoms with Crippen LogP contribution in [0.25, 0.3) is 0 Å². The summed E-state index contributed by atoms with van der Waals surface area (Å²) in [6.45, 7) is 5.51. The molecular formula is C16H20N4O4S. The summed E-state index contributed by atoms with van der Waals surface area (Å²) in [4.78, 5) is 38.1. The van der Waals surface area contributed by atoms with Crippen molar-refractivity contribution >= 4 is 29.4 Å². The molecule has 0 fully saturated rings. The molecule has 0 aliphatic heterocycles. The third kappa shape index (κ3) is 5.79. The number of aromatic nitrogens is 2. The molecule has 134 valence electrons. The van der Waals surface area contributed by atoms with Gasteiger partial charge in [0.05, 0.1) is 11.5 Å². The van der Waals surface area contributed by atoms with Crippen LogP contribution in [0.5, 0.6) is 0 Å². The number of hydrogen-bond acceptors (Lipinski definition) is 6. The van der Waals surface area contributed by atoms with E-state index < -0.39 is 0 Å². The number of nitrogens with zero attached hydrogens (tertiary/aromatic N) is 1. The van der Waals surface area contributed by atoms with Gasteiger partial charge in [0, 0.05) is 23.9 Å². The SMILES string of the molecule is Cc1cc(C)c(CNC(=O)CSCC(=O)Nc2cc(C)on2)c(=O)[nH]1. The highest BCUT2D eigenvalue weighted by Gasteiger charge is 2.10. The van der Waals surface area contributed by atoms with Crippen LogP contribution in [-0.2, 0) is 16.1 Å². The lowest BCUT2D eigenvalue weighted by Gasteiger charge is -2.08. The maximum absolute atomic E-state index is 11.9. The molecule has 2 aromatic heterocycles. The number of rotatable bonds is 7. The van der Waals surface area contributed by atoms with Crippen LogP contribution in [0, 0.1) is 20.8 Å². The summed E-state index contributed by atoms with van der Waals surface area (Å²) in [5, 5.41) is 8.92. The van der Waals surface area contributed by atoms with Crippen molar-refractivity contribution in [2.45, 2.75) is 27.3 Å². The van der Waals surface area contributed by atoms with Crippen LogP contribution >= 0.6 is 11.8 Å². The van der Waals surface area contributed by atoms with Crippen LogP contribution in [0.15, 0.2) is 21.5 Å². The van der Waals surface area contributed by atoms with Gasteiger partial charge in [-0.3, -0.25) is 14.4 Å². The fourth-order valence-corrected chi connectivity index (χ4v) is 2.83. The fourth-order valence-electron chi connectivity index (χ4n) is 2.18. The van der Waals surface area contributed by atoms with Crippen molar-refractivity contribution in [3.8, 4) is 0 Å². The third-order valence-electron chi connectivity index (χ3n) is 3.32. The van der Waals surface area contributed by atoms with Crippen molar-refractivity contribution in [1.82, 2.24) is 15.5 Å². The Morgan fingerprint density at radius 1 is 1.20 bits per heavy atom. The zero-order chi connectivity index (χ0) is 18.4. The van der Waals surface area contributed by atoms with Gasteiger partial charge >= 0.3 is 0 Å². The minimum atomic E-state index is -0.267. The Hall–Kier alpha value is -2.55. The van der Waals surface area contributed by atoms with Crippen LogP contribution in [0.2, 0.25) is 0 Å². The van der Waals surface area contributed by atoms with Crippen molar-refractivity contribution in [3.63, 3.8) is 0 Å². The fraction of sp³-hybridized carbons (Fsp3) is 0.375. The molecule has 0 atom stereocenters. The lowest BCUT2D eigenvalue weighted by Crippen LogP contribution is -2.29. The highest BCUT2D eigenvalue weighted by Crippen LogP contribution is 2.08. The van der Waals surface area contributed by atoms with E-state index in [1.807, 2.05) is 13.0 Å².